The molecule has 0 amide bonds. The molecule has 0 radical (unpaired) electrons. The molecule has 1 aromatic heterocycles. The summed E-state index contributed by atoms with van der Waals surface area (Å²) in [6, 6.07) is 0. The summed E-state index contributed by atoms with van der Waals surface area (Å²) in [4.78, 5) is 13.5. The molecule has 16 heavy (non-hydrogen) atoms. The molecule has 0 atom stereocenters. The van der Waals surface area contributed by atoms with E-state index in [2.05, 4.69) is 10.1 Å². The Kier molecular flexibility index (Phi) is 2.92. The van der Waals surface area contributed by atoms with Crippen LogP contribution in [-0.2, 0) is 23.6 Å². The molecule has 4 nitrogen and oxygen atoms in total. The van der Waals surface area contributed by atoms with Crippen molar-refractivity contribution in [1.82, 2.24) is 9.78 Å². The molecular weight excluding hydrogens is 223 g/mol. The first-order valence-electron chi connectivity index (χ1n) is 4.39. The first-order chi connectivity index (χ1) is 7.18. The maximum absolute atomic E-state index is 12.6. The summed E-state index contributed by atoms with van der Waals surface area (Å²) >= 11 is 0. The molecule has 0 saturated heterocycles. The van der Waals surface area contributed by atoms with Crippen molar-refractivity contribution in [1.29, 1.82) is 0 Å². The molecule has 0 spiro atoms. The Hall–Kier alpha value is -1.62. The van der Waals surface area contributed by atoms with Gasteiger partial charge in [-0.25, -0.2) is 4.79 Å². The number of carbonyl (C=O) groups excluding carboxylic acids is 1. The molecule has 7 heteroatoms. The lowest BCUT2D eigenvalue weighted by Gasteiger charge is -2.17. The molecule has 1 heterocycles. The maximum Gasteiger partial charge on any atom is 0.435 e. The van der Waals surface area contributed by atoms with Gasteiger partial charge in [-0.05, 0) is 13.8 Å². The third-order valence-electron chi connectivity index (χ3n) is 2.08. The lowest BCUT2D eigenvalue weighted by Crippen LogP contribution is -2.19. The third kappa shape index (κ3) is 2.30. The summed E-state index contributed by atoms with van der Waals surface area (Å²) in [7, 11) is 1.37. The fourth-order valence-electron chi connectivity index (χ4n) is 1.32. The van der Waals surface area contributed by atoms with E-state index in [1.165, 1.54) is 33.2 Å². The lowest BCUT2D eigenvalue weighted by atomic mass is 9.95. The van der Waals surface area contributed by atoms with Crippen molar-refractivity contribution in [3.8, 4) is 0 Å². The first kappa shape index (κ1) is 12.4. The standard InChI is InChI=1S/C9H10F3N3O/c1-8(2,13-5-16)6-4-15(3)14-7(6)9(10,11)12/h4H,1-3H3. The van der Waals surface area contributed by atoms with E-state index < -0.39 is 17.4 Å². The van der Waals surface area contributed by atoms with Gasteiger partial charge in [0.25, 0.3) is 0 Å². The first-order valence-corrected chi connectivity index (χ1v) is 4.39. The number of halogens is 3. The monoisotopic (exact) mass is 233 g/mol. The van der Waals surface area contributed by atoms with E-state index >= 15 is 0 Å². The van der Waals surface area contributed by atoms with Crippen molar-refractivity contribution in [2.45, 2.75) is 25.6 Å². The van der Waals surface area contributed by atoms with E-state index in [1.54, 1.807) is 0 Å². The molecule has 0 saturated carbocycles. The highest BCUT2D eigenvalue weighted by molar-refractivity contribution is 5.38. The van der Waals surface area contributed by atoms with Gasteiger partial charge >= 0.3 is 6.18 Å². The Morgan fingerprint density at radius 3 is 2.44 bits per heavy atom. The minimum absolute atomic E-state index is 0.147. The van der Waals surface area contributed by atoms with E-state index in [0.717, 1.165) is 4.68 Å². The van der Waals surface area contributed by atoms with E-state index in [9.17, 15) is 18.0 Å². The molecule has 0 aromatic carbocycles. The smallest absolute Gasteiger partial charge is 0.275 e. The Labute approximate surface area is 89.8 Å². The zero-order valence-electron chi connectivity index (χ0n) is 8.96. The molecule has 0 N–H and O–H groups in total. The highest BCUT2D eigenvalue weighted by atomic mass is 19.4. The zero-order valence-corrected chi connectivity index (χ0v) is 8.96. The second kappa shape index (κ2) is 3.75. The summed E-state index contributed by atoms with van der Waals surface area (Å²) in [5.74, 6) is 0. The number of alkyl halides is 3. The summed E-state index contributed by atoms with van der Waals surface area (Å²) in [6.45, 7) is 2.79. The molecule has 1 rings (SSSR count). The van der Waals surface area contributed by atoms with Crippen molar-refractivity contribution in [2.24, 2.45) is 12.0 Å². The van der Waals surface area contributed by atoms with Crippen LogP contribution in [0.4, 0.5) is 13.2 Å². The topological polar surface area (TPSA) is 47.2 Å². The van der Waals surface area contributed by atoms with E-state index in [1.807, 2.05) is 0 Å². The predicted molar refractivity (Wildman–Crippen MR) is 49.4 cm³/mol. The van der Waals surface area contributed by atoms with Crippen molar-refractivity contribution in [2.75, 3.05) is 0 Å². The highest BCUT2D eigenvalue weighted by Gasteiger charge is 2.41. The highest BCUT2D eigenvalue weighted by Crippen LogP contribution is 2.36. The Morgan fingerprint density at radius 1 is 1.44 bits per heavy atom. The number of aryl methyl sites for hydroxylation is 1. The van der Waals surface area contributed by atoms with Crippen molar-refractivity contribution in [3.63, 3.8) is 0 Å². The summed E-state index contributed by atoms with van der Waals surface area (Å²) in [6.07, 6.45) is -2.10. The van der Waals surface area contributed by atoms with Gasteiger partial charge in [-0.1, -0.05) is 0 Å². The van der Waals surface area contributed by atoms with Gasteiger partial charge in [0.1, 0.15) is 0 Å². The van der Waals surface area contributed by atoms with E-state index in [0.29, 0.717) is 0 Å². The van der Waals surface area contributed by atoms with Gasteiger partial charge in [-0.15, -0.1) is 0 Å². The molecule has 0 aliphatic heterocycles. The van der Waals surface area contributed by atoms with Crippen LogP contribution in [0.2, 0.25) is 0 Å². The molecule has 0 aliphatic carbocycles. The van der Waals surface area contributed by atoms with Crippen LogP contribution in [-0.4, -0.2) is 15.9 Å². The minimum atomic E-state index is -4.56. The summed E-state index contributed by atoms with van der Waals surface area (Å²) in [5, 5.41) is 3.33. The maximum atomic E-state index is 12.6. The van der Waals surface area contributed by atoms with E-state index in [4.69, 9.17) is 0 Å². The normalized spacial score (nSPS) is 12.4. The van der Waals surface area contributed by atoms with Crippen molar-refractivity contribution < 1.29 is 18.0 Å². The fraction of sp³-hybridized carbons (Fsp3) is 0.556. The van der Waals surface area contributed by atoms with Crippen LogP contribution < -0.4 is 0 Å². The molecule has 88 valence electrons. The Morgan fingerprint density at radius 2 is 2.00 bits per heavy atom. The largest absolute Gasteiger partial charge is 0.435 e. The lowest BCUT2D eigenvalue weighted by molar-refractivity contribution is -0.142. The number of hydrogen-bond acceptors (Lipinski definition) is 3. The number of aromatic nitrogens is 2. The number of hydrogen-bond donors (Lipinski definition) is 0. The van der Waals surface area contributed by atoms with Crippen LogP contribution in [0.1, 0.15) is 25.1 Å². The number of nitrogens with zero attached hydrogens (tertiary/aromatic N) is 3. The number of isocyanates is 1. The molecule has 0 fully saturated rings. The van der Waals surface area contributed by atoms with Gasteiger partial charge in [0.15, 0.2) is 5.69 Å². The fourth-order valence-corrected chi connectivity index (χ4v) is 1.32. The van der Waals surface area contributed by atoms with Gasteiger partial charge in [-0.3, -0.25) is 4.68 Å². The zero-order chi connectivity index (χ0) is 12.6. The van der Waals surface area contributed by atoms with Gasteiger partial charge in [0.2, 0.25) is 6.08 Å². The summed E-state index contributed by atoms with van der Waals surface area (Å²) in [5.41, 5.74) is -2.47. The van der Waals surface area contributed by atoms with Crippen LogP contribution in [0.15, 0.2) is 11.2 Å². The molecule has 0 bridgehead atoms. The molecule has 0 aliphatic rings. The number of rotatable bonds is 2. The SMILES string of the molecule is Cn1cc(C(C)(C)N=C=O)c(C(F)(F)F)n1. The van der Waals surface area contributed by atoms with Crippen LogP contribution in [0, 0.1) is 0 Å². The average Bonchev–Trinajstić information content (AvgIpc) is 2.46. The minimum Gasteiger partial charge on any atom is -0.275 e. The quantitative estimate of drug-likeness (QED) is 0.579. The van der Waals surface area contributed by atoms with Crippen LogP contribution >= 0.6 is 0 Å². The van der Waals surface area contributed by atoms with Gasteiger partial charge in [0, 0.05) is 18.8 Å². The second-order valence-corrected chi connectivity index (χ2v) is 3.82. The second-order valence-electron chi connectivity index (χ2n) is 3.82. The number of aliphatic imine (C=N–C) groups is 1. The van der Waals surface area contributed by atoms with Gasteiger partial charge in [0.05, 0.1) is 5.54 Å². The van der Waals surface area contributed by atoms with Gasteiger partial charge in [-0.2, -0.15) is 23.3 Å². The van der Waals surface area contributed by atoms with Crippen LogP contribution in [0.5, 0.6) is 0 Å². The Balaban J connectivity index is 3.39. The molecular formula is C9H10F3N3O. The van der Waals surface area contributed by atoms with E-state index in [-0.39, 0.29) is 5.56 Å². The van der Waals surface area contributed by atoms with Crippen molar-refractivity contribution >= 4 is 6.08 Å². The van der Waals surface area contributed by atoms with Crippen LogP contribution in [0.25, 0.3) is 0 Å². The Bertz CT molecular complexity index is 441. The predicted octanol–water partition coefficient (Wildman–Crippen LogP) is 2.01. The third-order valence-corrected chi connectivity index (χ3v) is 2.08. The van der Waals surface area contributed by atoms with Crippen molar-refractivity contribution in [3.05, 3.63) is 17.5 Å². The van der Waals surface area contributed by atoms with Gasteiger partial charge < -0.3 is 0 Å². The van der Waals surface area contributed by atoms with Crippen LogP contribution in [0.3, 0.4) is 0 Å². The molecule has 1 aromatic rings. The average molecular weight is 233 g/mol. The summed E-state index contributed by atoms with van der Waals surface area (Å²) < 4.78 is 38.9. The molecule has 0 unspecified atom stereocenters.